The number of piperazine rings is 1. The molecule has 0 saturated carbocycles. The summed E-state index contributed by atoms with van der Waals surface area (Å²) in [7, 11) is 0. The molecular weight excluding hydrogens is 305 g/mol. The van der Waals surface area contributed by atoms with Crippen LogP contribution in [0.2, 0.25) is 0 Å². The van der Waals surface area contributed by atoms with Gasteiger partial charge in [-0.15, -0.1) is 0 Å². The lowest BCUT2D eigenvalue weighted by Gasteiger charge is -2.34. The van der Waals surface area contributed by atoms with Crippen molar-refractivity contribution in [1.82, 2.24) is 14.8 Å². The second-order valence-electron chi connectivity index (χ2n) is 5.78. The molecule has 3 rings (SSSR count). The zero-order chi connectivity index (χ0) is 16.8. The minimum absolute atomic E-state index is 0.0734. The first-order chi connectivity index (χ1) is 11.7. The molecule has 0 N–H and O–H groups in total. The van der Waals surface area contributed by atoms with Crippen LogP contribution in [0, 0.1) is 5.82 Å². The SMILES string of the molecule is O=C(/C=C/c1ccccc1F)N1CCN(Cc2ccccn2)CC1. The predicted octanol–water partition coefficient (Wildman–Crippen LogP) is 2.58. The van der Waals surface area contributed by atoms with Gasteiger partial charge in [0.1, 0.15) is 5.82 Å². The Bertz CT molecular complexity index is 710. The zero-order valence-corrected chi connectivity index (χ0v) is 13.4. The van der Waals surface area contributed by atoms with E-state index in [1.54, 1.807) is 29.3 Å². The van der Waals surface area contributed by atoms with Crippen LogP contribution in [0.3, 0.4) is 0 Å². The van der Waals surface area contributed by atoms with Crippen molar-refractivity contribution >= 4 is 12.0 Å². The third-order valence-corrected chi connectivity index (χ3v) is 4.11. The summed E-state index contributed by atoms with van der Waals surface area (Å²) in [5.41, 5.74) is 1.47. The van der Waals surface area contributed by atoms with Gasteiger partial charge in [-0.1, -0.05) is 24.3 Å². The first kappa shape index (κ1) is 16.3. The summed E-state index contributed by atoms with van der Waals surface area (Å²) >= 11 is 0. The molecule has 1 aromatic carbocycles. The highest BCUT2D eigenvalue weighted by Crippen LogP contribution is 2.10. The van der Waals surface area contributed by atoms with Gasteiger partial charge in [0, 0.05) is 50.6 Å². The van der Waals surface area contributed by atoms with Crippen molar-refractivity contribution in [1.29, 1.82) is 0 Å². The van der Waals surface area contributed by atoms with Crippen LogP contribution in [0.4, 0.5) is 4.39 Å². The molecule has 1 aliphatic heterocycles. The molecule has 1 saturated heterocycles. The Kier molecular flexibility index (Phi) is 5.33. The van der Waals surface area contributed by atoms with E-state index in [9.17, 15) is 9.18 Å². The smallest absolute Gasteiger partial charge is 0.246 e. The van der Waals surface area contributed by atoms with E-state index in [2.05, 4.69) is 9.88 Å². The fraction of sp³-hybridized carbons (Fsp3) is 0.263. The molecule has 0 atom stereocenters. The van der Waals surface area contributed by atoms with Crippen molar-refractivity contribution in [2.75, 3.05) is 26.2 Å². The quantitative estimate of drug-likeness (QED) is 0.811. The lowest BCUT2D eigenvalue weighted by atomic mass is 10.2. The lowest BCUT2D eigenvalue weighted by Crippen LogP contribution is -2.47. The fourth-order valence-electron chi connectivity index (χ4n) is 2.72. The molecule has 24 heavy (non-hydrogen) atoms. The second kappa shape index (κ2) is 7.84. The average molecular weight is 325 g/mol. The second-order valence-corrected chi connectivity index (χ2v) is 5.78. The number of hydrogen-bond acceptors (Lipinski definition) is 3. The first-order valence-corrected chi connectivity index (χ1v) is 8.06. The number of hydrogen-bond donors (Lipinski definition) is 0. The average Bonchev–Trinajstić information content (AvgIpc) is 2.62. The topological polar surface area (TPSA) is 36.4 Å². The van der Waals surface area contributed by atoms with E-state index in [-0.39, 0.29) is 11.7 Å². The van der Waals surface area contributed by atoms with Crippen LogP contribution >= 0.6 is 0 Å². The molecule has 4 nitrogen and oxygen atoms in total. The van der Waals surface area contributed by atoms with Crippen LogP contribution in [0.5, 0.6) is 0 Å². The van der Waals surface area contributed by atoms with Gasteiger partial charge in [0.25, 0.3) is 0 Å². The van der Waals surface area contributed by atoms with Crippen molar-refractivity contribution in [3.63, 3.8) is 0 Å². The molecule has 1 fully saturated rings. The highest BCUT2D eigenvalue weighted by molar-refractivity contribution is 5.91. The van der Waals surface area contributed by atoms with Crippen molar-refractivity contribution in [3.8, 4) is 0 Å². The molecular formula is C19H20FN3O. The van der Waals surface area contributed by atoms with Gasteiger partial charge in [-0.3, -0.25) is 14.7 Å². The summed E-state index contributed by atoms with van der Waals surface area (Å²) in [4.78, 5) is 20.6. The number of rotatable bonds is 4. The van der Waals surface area contributed by atoms with E-state index < -0.39 is 0 Å². The maximum Gasteiger partial charge on any atom is 0.246 e. The summed E-state index contributed by atoms with van der Waals surface area (Å²) in [6, 6.07) is 12.3. The summed E-state index contributed by atoms with van der Waals surface area (Å²) < 4.78 is 13.6. The number of pyridine rings is 1. The Labute approximate surface area is 141 Å². The number of benzene rings is 1. The maximum absolute atomic E-state index is 13.6. The minimum atomic E-state index is -0.318. The highest BCUT2D eigenvalue weighted by Gasteiger charge is 2.19. The number of amides is 1. The summed E-state index contributed by atoms with van der Waals surface area (Å²) in [6.45, 7) is 3.78. The molecule has 0 bridgehead atoms. The standard InChI is InChI=1S/C19H20FN3O/c20-18-7-2-1-5-16(18)8-9-19(24)23-13-11-22(12-14-23)15-17-6-3-4-10-21-17/h1-10H,11-15H2/b9-8+. The predicted molar refractivity (Wildman–Crippen MR) is 91.5 cm³/mol. The molecule has 1 aromatic heterocycles. The molecule has 1 aliphatic rings. The van der Waals surface area contributed by atoms with Gasteiger partial charge in [-0.2, -0.15) is 0 Å². The molecule has 0 radical (unpaired) electrons. The summed E-state index contributed by atoms with van der Waals surface area (Å²) in [5, 5.41) is 0. The van der Waals surface area contributed by atoms with Gasteiger partial charge in [0.05, 0.1) is 5.69 Å². The van der Waals surface area contributed by atoms with Crippen LogP contribution in [0.15, 0.2) is 54.7 Å². The lowest BCUT2D eigenvalue weighted by molar-refractivity contribution is -0.127. The van der Waals surface area contributed by atoms with Gasteiger partial charge in [0.15, 0.2) is 0 Å². The van der Waals surface area contributed by atoms with Crippen LogP contribution in [-0.2, 0) is 11.3 Å². The van der Waals surface area contributed by atoms with Gasteiger partial charge in [-0.05, 0) is 24.3 Å². The number of carbonyl (C=O) groups is 1. The monoisotopic (exact) mass is 325 g/mol. The molecule has 0 unspecified atom stereocenters. The molecule has 0 aliphatic carbocycles. The molecule has 124 valence electrons. The fourth-order valence-corrected chi connectivity index (χ4v) is 2.72. The summed E-state index contributed by atoms with van der Waals surface area (Å²) in [6.07, 6.45) is 4.79. The number of halogens is 1. The van der Waals surface area contributed by atoms with Gasteiger partial charge in [0.2, 0.25) is 5.91 Å². The van der Waals surface area contributed by atoms with Crippen LogP contribution in [-0.4, -0.2) is 46.9 Å². The molecule has 1 amide bonds. The Morgan fingerprint density at radius 1 is 1.08 bits per heavy atom. The van der Waals surface area contributed by atoms with Crippen molar-refractivity contribution in [3.05, 3.63) is 71.8 Å². The minimum Gasteiger partial charge on any atom is -0.337 e. The van der Waals surface area contributed by atoms with Gasteiger partial charge < -0.3 is 4.90 Å². The zero-order valence-electron chi connectivity index (χ0n) is 13.4. The first-order valence-electron chi connectivity index (χ1n) is 8.06. The number of nitrogens with zero attached hydrogens (tertiary/aromatic N) is 3. The molecule has 2 heterocycles. The van der Waals surface area contributed by atoms with Gasteiger partial charge >= 0.3 is 0 Å². The largest absolute Gasteiger partial charge is 0.337 e. The van der Waals surface area contributed by atoms with Crippen molar-refractivity contribution < 1.29 is 9.18 Å². The van der Waals surface area contributed by atoms with Gasteiger partial charge in [-0.25, -0.2) is 4.39 Å². The Balaban J connectivity index is 1.51. The molecule has 5 heteroatoms. The van der Waals surface area contributed by atoms with E-state index in [1.165, 1.54) is 18.2 Å². The highest BCUT2D eigenvalue weighted by atomic mass is 19.1. The summed E-state index contributed by atoms with van der Waals surface area (Å²) in [5.74, 6) is -0.391. The van der Waals surface area contributed by atoms with E-state index in [4.69, 9.17) is 0 Å². The number of carbonyl (C=O) groups excluding carboxylic acids is 1. The van der Waals surface area contributed by atoms with Crippen LogP contribution < -0.4 is 0 Å². The third kappa shape index (κ3) is 4.26. The van der Waals surface area contributed by atoms with Crippen LogP contribution in [0.1, 0.15) is 11.3 Å². The third-order valence-electron chi connectivity index (χ3n) is 4.11. The van der Waals surface area contributed by atoms with Crippen LogP contribution in [0.25, 0.3) is 6.08 Å². The molecule has 0 spiro atoms. The van der Waals surface area contributed by atoms with E-state index >= 15 is 0 Å². The normalized spacial score (nSPS) is 15.8. The van der Waals surface area contributed by atoms with E-state index in [1.807, 2.05) is 18.2 Å². The van der Waals surface area contributed by atoms with Crippen molar-refractivity contribution in [2.24, 2.45) is 0 Å². The molecule has 2 aromatic rings. The maximum atomic E-state index is 13.6. The Morgan fingerprint density at radius 2 is 1.83 bits per heavy atom. The van der Waals surface area contributed by atoms with Crippen molar-refractivity contribution in [2.45, 2.75) is 6.54 Å². The van der Waals surface area contributed by atoms with E-state index in [0.717, 1.165) is 25.3 Å². The van der Waals surface area contributed by atoms with E-state index in [0.29, 0.717) is 18.7 Å². The number of aromatic nitrogens is 1. The Hall–Kier alpha value is -2.53. The Morgan fingerprint density at radius 3 is 2.54 bits per heavy atom.